The highest BCUT2D eigenvalue weighted by Gasteiger charge is 2.26. The van der Waals surface area contributed by atoms with Gasteiger partial charge in [-0.1, -0.05) is 0 Å². The average Bonchev–Trinajstić information content (AvgIpc) is 3.08. The van der Waals surface area contributed by atoms with Gasteiger partial charge in [0.1, 0.15) is 5.82 Å². The summed E-state index contributed by atoms with van der Waals surface area (Å²) in [6.07, 6.45) is 7.57. The lowest BCUT2D eigenvalue weighted by molar-refractivity contribution is 0.1000. The van der Waals surface area contributed by atoms with Gasteiger partial charge < -0.3 is 10.6 Å². The second-order valence-corrected chi connectivity index (χ2v) is 4.93. The molecule has 1 saturated heterocycles. The SMILES string of the molecule is Cc1nccnc1N1CCC(n2cc(C(N)=O)cn2)C1. The van der Waals surface area contributed by atoms with Gasteiger partial charge in [0, 0.05) is 31.7 Å². The largest absolute Gasteiger partial charge is 0.366 e. The summed E-state index contributed by atoms with van der Waals surface area (Å²) in [5, 5.41) is 4.22. The van der Waals surface area contributed by atoms with Crippen LogP contribution in [0.1, 0.15) is 28.5 Å². The van der Waals surface area contributed by atoms with Gasteiger partial charge in [-0.05, 0) is 13.3 Å². The summed E-state index contributed by atoms with van der Waals surface area (Å²) in [6.45, 7) is 3.66. The van der Waals surface area contributed by atoms with Crippen LogP contribution in [0.15, 0.2) is 24.8 Å². The van der Waals surface area contributed by atoms with Crippen molar-refractivity contribution in [1.29, 1.82) is 0 Å². The maximum atomic E-state index is 11.1. The molecule has 3 heterocycles. The predicted octanol–water partition coefficient (Wildman–Crippen LogP) is 0.532. The van der Waals surface area contributed by atoms with Crippen LogP contribution < -0.4 is 10.6 Å². The maximum absolute atomic E-state index is 11.1. The summed E-state index contributed by atoms with van der Waals surface area (Å²) in [5.41, 5.74) is 6.61. The molecule has 3 rings (SSSR count). The average molecular weight is 272 g/mol. The quantitative estimate of drug-likeness (QED) is 0.880. The molecular weight excluding hydrogens is 256 g/mol. The monoisotopic (exact) mass is 272 g/mol. The zero-order chi connectivity index (χ0) is 14.1. The number of amides is 1. The number of primary amides is 1. The number of nitrogens with two attached hydrogens (primary N) is 1. The van der Waals surface area contributed by atoms with Crippen molar-refractivity contribution in [3.8, 4) is 0 Å². The van der Waals surface area contributed by atoms with Crippen LogP contribution in [0, 0.1) is 6.92 Å². The van der Waals surface area contributed by atoms with E-state index in [-0.39, 0.29) is 6.04 Å². The number of anilines is 1. The van der Waals surface area contributed by atoms with Gasteiger partial charge in [0.25, 0.3) is 5.91 Å². The van der Waals surface area contributed by atoms with Crippen molar-refractivity contribution in [2.24, 2.45) is 5.73 Å². The highest BCUT2D eigenvalue weighted by Crippen LogP contribution is 2.26. The molecule has 1 unspecified atom stereocenters. The molecule has 104 valence electrons. The molecule has 1 aliphatic heterocycles. The minimum absolute atomic E-state index is 0.226. The van der Waals surface area contributed by atoms with E-state index in [0.717, 1.165) is 31.0 Å². The zero-order valence-electron chi connectivity index (χ0n) is 11.2. The summed E-state index contributed by atoms with van der Waals surface area (Å²) in [4.78, 5) is 21.9. The van der Waals surface area contributed by atoms with Gasteiger partial charge in [-0.25, -0.2) is 4.98 Å². The molecule has 0 radical (unpaired) electrons. The Kier molecular flexibility index (Phi) is 3.09. The molecule has 2 aromatic heterocycles. The minimum Gasteiger partial charge on any atom is -0.366 e. The van der Waals surface area contributed by atoms with Gasteiger partial charge in [-0.2, -0.15) is 5.10 Å². The first-order valence-electron chi connectivity index (χ1n) is 6.51. The van der Waals surface area contributed by atoms with Crippen molar-refractivity contribution in [1.82, 2.24) is 19.7 Å². The summed E-state index contributed by atoms with van der Waals surface area (Å²) in [5.74, 6) is 0.466. The molecule has 0 aliphatic carbocycles. The summed E-state index contributed by atoms with van der Waals surface area (Å²) in [6, 6.07) is 0.226. The van der Waals surface area contributed by atoms with E-state index in [4.69, 9.17) is 5.73 Å². The fourth-order valence-corrected chi connectivity index (χ4v) is 2.53. The van der Waals surface area contributed by atoms with Crippen molar-refractivity contribution in [3.63, 3.8) is 0 Å². The standard InChI is InChI=1S/C13H16N6O/c1-9-13(16-4-3-15-9)18-5-2-11(8-18)19-7-10(6-17-19)12(14)20/h3-4,6-7,11H,2,5,8H2,1H3,(H2,14,20). The van der Waals surface area contributed by atoms with E-state index in [1.54, 1.807) is 18.6 Å². The van der Waals surface area contributed by atoms with Gasteiger partial charge in [-0.3, -0.25) is 14.5 Å². The van der Waals surface area contributed by atoms with Gasteiger partial charge in [0.15, 0.2) is 0 Å². The number of hydrogen-bond donors (Lipinski definition) is 1. The molecule has 2 N–H and O–H groups in total. The Hall–Kier alpha value is -2.44. The Morgan fingerprint density at radius 3 is 2.90 bits per heavy atom. The van der Waals surface area contributed by atoms with Crippen LogP contribution >= 0.6 is 0 Å². The molecule has 0 bridgehead atoms. The summed E-state index contributed by atoms with van der Waals surface area (Å²) in [7, 11) is 0. The molecule has 0 spiro atoms. The number of hydrogen-bond acceptors (Lipinski definition) is 5. The topological polar surface area (TPSA) is 89.9 Å². The molecule has 0 saturated carbocycles. The summed E-state index contributed by atoms with van der Waals surface area (Å²) < 4.78 is 1.81. The maximum Gasteiger partial charge on any atom is 0.251 e. The van der Waals surface area contributed by atoms with Crippen molar-refractivity contribution in [2.75, 3.05) is 18.0 Å². The normalized spacial score (nSPS) is 18.4. The first kappa shape index (κ1) is 12.6. The zero-order valence-corrected chi connectivity index (χ0v) is 11.2. The van der Waals surface area contributed by atoms with E-state index in [1.165, 1.54) is 6.20 Å². The van der Waals surface area contributed by atoms with Crippen LogP contribution in [-0.4, -0.2) is 38.7 Å². The Morgan fingerprint density at radius 2 is 2.20 bits per heavy atom. The van der Waals surface area contributed by atoms with Crippen LogP contribution in [0.4, 0.5) is 5.82 Å². The molecule has 1 amide bonds. The highest BCUT2D eigenvalue weighted by atomic mass is 16.1. The Labute approximate surface area is 116 Å². The molecule has 7 nitrogen and oxygen atoms in total. The van der Waals surface area contributed by atoms with E-state index in [0.29, 0.717) is 5.56 Å². The van der Waals surface area contributed by atoms with E-state index in [9.17, 15) is 4.79 Å². The lowest BCUT2D eigenvalue weighted by atomic mass is 10.2. The number of aromatic nitrogens is 4. The predicted molar refractivity (Wildman–Crippen MR) is 73.4 cm³/mol. The first-order chi connectivity index (χ1) is 9.65. The van der Waals surface area contributed by atoms with Crippen LogP contribution in [0.3, 0.4) is 0 Å². The van der Waals surface area contributed by atoms with Crippen LogP contribution in [-0.2, 0) is 0 Å². The second-order valence-electron chi connectivity index (χ2n) is 4.93. The third-order valence-electron chi connectivity index (χ3n) is 3.58. The van der Waals surface area contributed by atoms with Crippen molar-refractivity contribution >= 4 is 11.7 Å². The molecule has 20 heavy (non-hydrogen) atoms. The smallest absolute Gasteiger partial charge is 0.251 e. The first-order valence-corrected chi connectivity index (χ1v) is 6.51. The molecule has 1 aliphatic rings. The number of nitrogens with zero attached hydrogens (tertiary/aromatic N) is 5. The third-order valence-corrected chi connectivity index (χ3v) is 3.58. The molecule has 1 fully saturated rings. The minimum atomic E-state index is -0.448. The molecule has 0 aromatic carbocycles. The fraction of sp³-hybridized carbons (Fsp3) is 0.385. The van der Waals surface area contributed by atoms with Crippen molar-refractivity contribution in [3.05, 3.63) is 36.0 Å². The van der Waals surface area contributed by atoms with Gasteiger partial charge in [0.05, 0.1) is 23.5 Å². The number of rotatable bonds is 3. The Morgan fingerprint density at radius 1 is 1.40 bits per heavy atom. The molecule has 1 atom stereocenters. The Balaban J connectivity index is 1.76. The van der Waals surface area contributed by atoms with Gasteiger partial charge in [0.2, 0.25) is 0 Å². The van der Waals surface area contributed by atoms with E-state index in [2.05, 4.69) is 20.0 Å². The second kappa shape index (κ2) is 4.92. The van der Waals surface area contributed by atoms with Crippen molar-refractivity contribution < 1.29 is 4.79 Å². The summed E-state index contributed by atoms with van der Waals surface area (Å²) >= 11 is 0. The molecule has 2 aromatic rings. The lowest BCUT2D eigenvalue weighted by Gasteiger charge is -2.18. The number of aryl methyl sites for hydroxylation is 1. The van der Waals surface area contributed by atoms with Gasteiger partial charge in [-0.15, -0.1) is 0 Å². The molecular formula is C13H16N6O. The van der Waals surface area contributed by atoms with E-state index < -0.39 is 5.91 Å². The van der Waals surface area contributed by atoms with Crippen LogP contribution in [0.5, 0.6) is 0 Å². The van der Waals surface area contributed by atoms with Gasteiger partial charge >= 0.3 is 0 Å². The van der Waals surface area contributed by atoms with Crippen molar-refractivity contribution in [2.45, 2.75) is 19.4 Å². The van der Waals surface area contributed by atoms with Crippen LogP contribution in [0.2, 0.25) is 0 Å². The fourth-order valence-electron chi connectivity index (χ4n) is 2.53. The van der Waals surface area contributed by atoms with E-state index in [1.807, 2.05) is 11.6 Å². The highest BCUT2D eigenvalue weighted by molar-refractivity contribution is 5.92. The Bertz CT molecular complexity index is 637. The lowest BCUT2D eigenvalue weighted by Crippen LogP contribution is -2.23. The van der Waals surface area contributed by atoms with Crippen LogP contribution in [0.25, 0.3) is 0 Å². The number of carbonyl (C=O) groups is 1. The van der Waals surface area contributed by atoms with E-state index >= 15 is 0 Å². The third kappa shape index (κ3) is 2.22. The number of carbonyl (C=O) groups excluding carboxylic acids is 1. The molecule has 7 heteroatoms.